The number of hydrogen-bond donors (Lipinski definition) is 1. The van der Waals surface area contributed by atoms with Crippen molar-refractivity contribution in [3.63, 3.8) is 0 Å². The Kier molecular flexibility index (Phi) is 3.24. The summed E-state index contributed by atoms with van der Waals surface area (Å²) in [4.78, 5) is 12.2. The van der Waals surface area contributed by atoms with Gasteiger partial charge in [-0.3, -0.25) is 4.79 Å². The van der Waals surface area contributed by atoms with Crippen LogP contribution in [0.3, 0.4) is 0 Å². The van der Waals surface area contributed by atoms with Crippen LogP contribution in [-0.2, 0) is 0 Å². The fourth-order valence-corrected chi connectivity index (χ4v) is 2.29. The molecule has 0 aliphatic carbocycles. The van der Waals surface area contributed by atoms with E-state index < -0.39 is 0 Å². The number of carbonyl (C=O) groups is 1. The molecule has 0 saturated carbocycles. The van der Waals surface area contributed by atoms with Gasteiger partial charge in [-0.2, -0.15) is 0 Å². The summed E-state index contributed by atoms with van der Waals surface area (Å²) in [5.74, 6) is 0.737. The van der Waals surface area contributed by atoms with Crippen molar-refractivity contribution < 1.29 is 14.3 Å². The molecule has 5 heteroatoms. The lowest BCUT2D eigenvalue weighted by molar-refractivity contribution is 0.102. The number of hydrogen-bond acceptors (Lipinski definition) is 3. The number of ether oxygens (including phenoxy) is 2. The maximum Gasteiger partial charge on any atom is 0.255 e. The van der Waals surface area contributed by atoms with Gasteiger partial charge in [-0.15, -0.1) is 0 Å². The number of nitrogens with one attached hydrogen (secondary N) is 1. The molecule has 0 spiro atoms. The van der Waals surface area contributed by atoms with Gasteiger partial charge in [0.2, 0.25) is 6.79 Å². The van der Waals surface area contributed by atoms with Gasteiger partial charge >= 0.3 is 0 Å². The first-order valence-corrected chi connectivity index (χ1v) is 6.48. The third-order valence-electron chi connectivity index (χ3n) is 2.97. The fraction of sp³-hybridized carbons (Fsp3) is 0.133. The lowest BCUT2D eigenvalue weighted by Crippen LogP contribution is -2.11. The fourth-order valence-electron chi connectivity index (χ4n) is 2.02. The summed E-state index contributed by atoms with van der Waals surface area (Å²) in [5.41, 5.74) is 2.25. The molecule has 2 aromatic rings. The van der Waals surface area contributed by atoms with Gasteiger partial charge in [0.05, 0.1) is 5.02 Å². The van der Waals surface area contributed by atoms with Gasteiger partial charge in [-0.05, 0) is 36.8 Å². The van der Waals surface area contributed by atoms with E-state index >= 15 is 0 Å². The number of anilines is 1. The maximum atomic E-state index is 12.2. The van der Waals surface area contributed by atoms with E-state index in [-0.39, 0.29) is 12.7 Å². The Hall–Kier alpha value is -2.20. The Balaban J connectivity index is 1.86. The highest BCUT2D eigenvalue weighted by Gasteiger charge is 2.20. The minimum atomic E-state index is -0.240. The third-order valence-corrected chi connectivity index (χ3v) is 3.25. The lowest BCUT2D eigenvalue weighted by Gasteiger charge is -2.07. The van der Waals surface area contributed by atoms with Crippen LogP contribution in [0.2, 0.25) is 5.02 Å². The van der Waals surface area contributed by atoms with E-state index in [1.165, 1.54) is 0 Å². The minimum absolute atomic E-state index is 0.123. The summed E-state index contributed by atoms with van der Waals surface area (Å²) < 4.78 is 10.5. The summed E-state index contributed by atoms with van der Waals surface area (Å²) in [6.07, 6.45) is 0. The van der Waals surface area contributed by atoms with Gasteiger partial charge in [-0.1, -0.05) is 23.7 Å². The first kappa shape index (κ1) is 12.8. The summed E-state index contributed by atoms with van der Waals surface area (Å²) in [5, 5.41) is 3.19. The van der Waals surface area contributed by atoms with Gasteiger partial charge in [0.25, 0.3) is 5.91 Å². The van der Waals surface area contributed by atoms with Crippen molar-refractivity contribution in [2.24, 2.45) is 0 Å². The number of amides is 1. The number of carbonyl (C=O) groups excluding carboxylic acids is 1. The Morgan fingerprint density at radius 3 is 2.90 bits per heavy atom. The normalized spacial score (nSPS) is 12.3. The molecule has 1 N–H and O–H groups in total. The van der Waals surface area contributed by atoms with Crippen molar-refractivity contribution in [1.82, 2.24) is 0 Å². The second-order valence-corrected chi connectivity index (χ2v) is 4.92. The van der Waals surface area contributed by atoms with Crippen molar-refractivity contribution >= 4 is 23.2 Å². The standard InChI is InChI=1S/C15H12ClNO3/c1-9-3-2-4-11(5-9)17-15(18)10-6-12(16)14-13(7-10)19-8-20-14/h2-7H,8H2,1H3,(H,17,18). The second-order valence-electron chi connectivity index (χ2n) is 4.52. The molecular weight excluding hydrogens is 278 g/mol. The molecule has 102 valence electrons. The summed E-state index contributed by atoms with van der Waals surface area (Å²) in [6, 6.07) is 10.8. The molecular formula is C15H12ClNO3. The zero-order chi connectivity index (χ0) is 14.1. The van der Waals surface area contributed by atoms with Crippen LogP contribution in [-0.4, -0.2) is 12.7 Å². The predicted octanol–water partition coefficient (Wildman–Crippen LogP) is 3.63. The predicted molar refractivity (Wildman–Crippen MR) is 76.7 cm³/mol. The van der Waals surface area contributed by atoms with Crippen LogP contribution >= 0.6 is 11.6 Å². The van der Waals surface area contributed by atoms with Crippen LogP contribution in [0.5, 0.6) is 11.5 Å². The van der Waals surface area contributed by atoms with Crippen LogP contribution in [0.25, 0.3) is 0 Å². The van der Waals surface area contributed by atoms with Crippen molar-refractivity contribution in [2.75, 3.05) is 12.1 Å². The average molecular weight is 290 g/mol. The summed E-state index contributed by atoms with van der Waals surface area (Å²) in [6.45, 7) is 2.09. The molecule has 0 atom stereocenters. The van der Waals surface area contributed by atoms with E-state index in [1.54, 1.807) is 12.1 Å². The van der Waals surface area contributed by atoms with Crippen molar-refractivity contribution in [2.45, 2.75) is 6.92 Å². The van der Waals surface area contributed by atoms with Crippen molar-refractivity contribution in [3.8, 4) is 11.5 Å². The Morgan fingerprint density at radius 1 is 1.25 bits per heavy atom. The van der Waals surface area contributed by atoms with Crippen LogP contribution in [0.4, 0.5) is 5.69 Å². The zero-order valence-corrected chi connectivity index (χ0v) is 11.5. The first-order valence-electron chi connectivity index (χ1n) is 6.10. The number of halogens is 1. The summed E-state index contributed by atoms with van der Waals surface area (Å²) >= 11 is 6.06. The molecule has 1 amide bonds. The average Bonchev–Trinajstić information content (AvgIpc) is 2.87. The van der Waals surface area contributed by atoms with E-state index in [0.717, 1.165) is 11.3 Å². The van der Waals surface area contributed by atoms with Crippen LogP contribution < -0.4 is 14.8 Å². The van der Waals surface area contributed by atoms with E-state index in [1.807, 2.05) is 31.2 Å². The van der Waals surface area contributed by atoms with Gasteiger partial charge in [0.1, 0.15) is 0 Å². The molecule has 0 saturated heterocycles. The molecule has 0 unspecified atom stereocenters. The third kappa shape index (κ3) is 2.42. The number of rotatable bonds is 2. The highest BCUT2D eigenvalue weighted by molar-refractivity contribution is 6.32. The van der Waals surface area contributed by atoms with Crippen molar-refractivity contribution in [3.05, 3.63) is 52.5 Å². The van der Waals surface area contributed by atoms with Crippen LogP contribution in [0.15, 0.2) is 36.4 Å². The molecule has 2 aromatic carbocycles. The van der Waals surface area contributed by atoms with E-state index in [4.69, 9.17) is 21.1 Å². The first-order chi connectivity index (χ1) is 9.63. The molecule has 0 radical (unpaired) electrons. The summed E-state index contributed by atoms with van der Waals surface area (Å²) in [7, 11) is 0. The molecule has 4 nitrogen and oxygen atoms in total. The van der Waals surface area contributed by atoms with Gasteiger partial charge in [0, 0.05) is 11.3 Å². The molecule has 0 aromatic heterocycles. The van der Waals surface area contributed by atoms with Gasteiger partial charge in [0.15, 0.2) is 11.5 Å². The molecule has 1 heterocycles. The number of benzene rings is 2. The van der Waals surface area contributed by atoms with Crippen LogP contribution in [0.1, 0.15) is 15.9 Å². The molecule has 20 heavy (non-hydrogen) atoms. The second kappa shape index (κ2) is 5.06. The highest BCUT2D eigenvalue weighted by atomic mass is 35.5. The molecule has 3 rings (SSSR count). The SMILES string of the molecule is Cc1cccc(NC(=O)c2cc(Cl)c3c(c2)OCO3)c1. The largest absolute Gasteiger partial charge is 0.454 e. The number of aryl methyl sites for hydroxylation is 1. The molecule has 1 aliphatic rings. The van der Waals surface area contributed by atoms with Crippen molar-refractivity contribution in [1.29, 1.82) is 0 Å². The van der Waals surface area contributed by atoms with E-state index in [9.17, 15) is 4.79 Å². The monoisotopic (exact) mass is 289 g/mol. The minimum Gasteiger partial charge on any atom is -0.454 e. The maximum absolute atomic E-state index is 12.2. The van der Waals surface area contributed by atoms with E-state index in [0.29, 0.717) is 22.1 Å². The topological polar surface area (TPSA) is 47.6 Å². The van der Waals surface area contributed by atoms with Gasteiger partial charge < -0.3 is 14.8 Å². The molecule has 1 aliphatic heterocycles. The molecule has 0 bridgehead atoms. The smallest absolute Gasteiger partial charge is 0.255 e. The Bertz CT molecular complexity index is 685. The van der Waals surface area contributed by atoms with Gasteiger partial charge in [-0.25, -0.2) is 0 Å². The highest BCUT2D eigenvalue weighted by Crippen LogP contribution is 2.39. The number of fused-ring (bicyclic) bond motifs is 1. The zero-order valence-electron chi connectivity index (χ0n) is 10.8. The van der Waals surface area contributed by atoms with E-state index in [2.05, 4.69) is 5.32 Å². The van der Waals surface area contributed by atoms with Crippen LogP contribution in [0, 0.1) is 6.92 Å². The Morgan fingerprint density at radius 2 is 2.10 bits per heavy atom. The quantitative estimate of drug-likeness (QED) is 0.918. The lowest BCUT2D eigenvalue weighted by atomic mass is 10.1. The Labute approximate surface area is 121 Å². The molecule has 0 fully saturated rings.